The monoisotopic (exact) mass is 503 g/mol. The summed E-state index contributed by atoms with van der Waals surface area (Å²) in [5, 5.41) is 16.5. The number of rotatable bonds is 5. The van der Waals surface area contributed by atoms with Gasteiger partial charge in [0.25, 0.3) is 5.91 Å². The zero-order chi connectivity index (χ0) is 25.5. The second-order valence-electron chi connectivity index (χ2n) is 8.00. The van der Waals surface area contributed by atoms with Gasteiger partial charge in [-0.1, -0.05) is 11.6 Å². The summed E-state index contributed by atoms with van der Waals surface area (Å²) in [5.41, 5.74) is 3.44. The first kappa shape index (κ1) is 24.9. The van der Waals surface area contributed by atoms with E-state index in [4.69, 9.17) is 16.3 Å². The van der Waals surface area contributed by atoms with Gasteiger partial charge >= 0.3 is 0 Å². The zero-order valence-corrected chi connectivity index (χ0v) is 20.9. The molecule has 184 valence electrons. The Labute approximate surface area is 214 Å². The van der Waals surface area contributed by atoms with Crippen LogP contribution in [0, 0.1) is 11.3 Å². The largest absolute Gasteiger partial charge is 0.492 e. The molecule has 5 rings (SSSR count). The summed E-state index contributed by atoms with van der Waals surface area (Å²) in [7, 11) is 1.54. The van der Waals surface area contributed by atoms with Crippen LogP contribution in [-0.2, 0) is 0 Å². The van der Waals surface area contributed by atoms with Gasteiger partial charge in [0.2, 0.25) is 0 Å². The number of ether oxygens (including phenoxy) is 1. The number of nitrogens with one attached hydrogen (secondary N) is 1. The number of nitriles is 1. The van der Waals surface area contributed by atoms with Gasteiger partial charge in [-0.05, 0) is 50.1 Å². The van der Waals surface area contributed by atoms with Crippen LogP contribution in [0.2, 0.25) is 5.02 Å². The highest BCUT2D eigenvalue weighted by Gasteiger charge is 2.16. The Morgan fingerprint density at radius 1 is 1.22 bits per heavy atom. The minimum atomic E-state index is -0.268. The number of anilines is 1. The van der Waals surface area contributed by atoms with Crippen molar-refractivity contribution in [2.75, 3.05) is 31.6 Å². The Kier molecular flexibility index (Phi) is 7.98. The van der Waals surface area contributed by atoms with Crippen LogP contribution in [0.1, 0.15) is 35.8 Å². The molecule has 10 heteroatoms. The van der Waals surface area contributed by atoms with E-state index in [2.05, 4.69) is 37.4 Å². The van der Waals surface area contributed by atoms with Crippen molar-refractivity contribution < 1.29 is 9.53 Å². The van der Waals surface area contributed by atoms with Gasteiger partial charge in [-0.25, -0.2) is 14.5 Å². The van der Waals surface area contributed by atoms with E-state index in [1.165, 1.54) is 26.1 Å². The lowest BCUT2D eigenvalue weighted by atomic mass is 10.1. The van der Waals surface area contributed by atoms with Gasteiger partial charge in [0.05, 0.1) is 35.1 Å². The summed E-state index contributed by atoms with van der Waals surface area (Å²) < 4.78 is 7.35. The van der Waals surface area contributed by atoms with Crippen LogP contribution in [0.5, 0.6) is 5.75 Å². The maximum absolute atomic E-state index is 11.0. The summed E-state index contributed by atoms with van der Waals surface area (Å²) in [5.74, 6) is 1.46. The number of pyridine rings is 3. The molecule has 0 atom stereocenters. The van der Waals surface area contributed by atoms with Crippen molar-refractivity contribution in [2.24, 2.45) is 0 Å². The molecule has 0 saturated carbocycles. The standard InChI is InChI=1S/C19H19N5O.C7H7ClN2O/c1-2-25-16-9-17(19-15(10-20)12-22-24(19)13-16)14-5-6-18(21-11-14)23-7-3-4-8-23;1-9-7(11)6-5(8)3-2-4-10-6/h5-6,9,11-13H,2-4,7-8H2,1H3;2-4H,1H3,(H,9,11). The summed E-state index contributed by atoms with van der Waals surface area (Å²) in [6.07, 6.45) is 9.22. The van der Waals surface area contributed by atoms with Gasteiger partial charge in [-0.2, -0.15) is 10.4 Å². The first-order valence-electron chi connectivity index (χ1n) is 11.6. The zero-order valence-electron chi connectivity index (χ0n) is 20.1. The Bertz CT molecular complexity index is 1390. The van der Waals surface area contributed by atoms with E-state index in [0.29, 0.717) is 17.2 Å². The summed E-state index contributed by atoms with van der Waals surface area (Å²) in [6, 6.07) is 11.6. The number of halogens is 1. The molecule has 0 spiro atoms. The predicted molar refractivity (Wildman–Crippen MR) is 138 cm³/mol. The average Bonchev–Trinajstić information content (AvgIpc) is 3.59. The SMILES string of the molecule is CCOc1cc(-c2ccc(N3CCCC3)nc2)c2c(C#N)cnn2c1.CNC(=O)c1ncccc1Cl. The van der Waals surface area contributed by atoms with E-state index < -0.39 is 0 Å². The maximum atomic E-state index is 11.0. The van der Waals surface area contributed by atoms with E-state index in [-0.39, 0.29) is 11.6 Å². The van der Waals surface area contributed by atoms with E-state index in [1.807, 2.05) is 25.3 Å². The molecule has 0 bridgehead atoms. The fourth-order valence-corrected chi connectivity index (χ4v) is 4.20. The molecule has 1 fully saturated rings. The van der Waals surface area contributed by atoms with Gasteiger partial charge in [0, 0.05) is 43.7 Å². The maximum Gasteiger partial charge on any atom is 0.271 e. The molecule has 0 aromatic carbocycles. The van der Waals surface area contributed by atoms with Crippen molar-refractivity contribution in [1.82, 2.24) is 24.9 Å². The second-order valence-corrected chi connectivity index (χ2v) is 8.41. The molecule has 1 saturated heterocycles. The second kappa shape index (κ2) is 11.5. The summed E-state index contributed by atoms with van der Waals surface area (Å²) in [6.45, 7) is 4.65. The number of fused-ring (bicyclic) bond motifs is 1. The minimum Gasteiger partial charge on any atom is -0.492 e. The third-order valence-electron chi connectivity index (χ3n) is 5.71. The lowest BCUT2D eigenvalue weighted by Crippen LogP contribution is -2.19. The van der Waals surface area contributed by atoms with Crippen molar-refractivity contribution in [3.05, 3.63) is 71.4 Å². The summed E-state index contributed by atoms with van der Waals surface area (Å²) in [4.78, 5) is 21.7. The summed E-state index contributed by atoms with van der Waals surface area (Å²) >= 11 is 5.67. The van der Waals surface area contributed by atoms with Crippen LogP contribution >= 0.6 is 11.6 Å². The molecule has 4 aromatic rings. The Morgan fingerprint density at radius 2 is 2.03 bits per heavy atom. The number of hydrogen-bond acceptors (Lipinski definition) is 7. The van der Waals surface area contributed by atoms with Gasteiger partial charge in [0.15, 0.2) is 0 Å². The molecule has 0 radical (unpaired) electrons. The van der Waals surface area contributed by atoms with Crippen LogP contribution in [0.15, 0.2) is 55.1 Å². The van der Waals surface area contributed by atoms with Crippen molar-refractivity contribution in [1.29, 1.82) is 5.26 Å². The van der Waals surface area contributed by atoms with Gasteiger partial charge in [-0.3, -0.25) is 4.79 Å². The smallest absolute Gasteiger partial charge is 0.271 e. The lowest BCUT2D eigenvalue weighted by molar-refractivity contribution is 0.0958. The highest BCUT2D eigenvalue weighted by molar-refractivity contribution is 6.33. The van der Waals surface area contributed by atoms with E-state index >= 15 is 0 Å². The average molecular weight is 504 g/mol. The quantitative estimate of drug-likeness (QED) is 0.431. The van der Waals surface area contributed by atoms with E-state index in [9.17, 15) is 10.1 Å². The first-order chi connectivity index (χ1) is 17.5. The van der Waals surface area contributed by atoms with Gasteiger partial charge in [-0.15, -0.1) is 0 Å². The molecule has 1 aliphatic heterocycles. The van der Waals surface area contributed by atoms with Crippen molar-refractivity contribution in [2.45, 2.75) is 19.8 Å². The van der Waals surface area contributed by atoms with Crippen LogP contribution in [0.3, 0.4) is 0 Å². The first-order valence-corrected chi connectivity index (χ1v) is 12.0. The van der Waals surface area contributed by atoms with Crippen LogP contribution in [0.25, 0.3) is 16.6 Å². The molecular weight excluding hydrogens is 478 g/mol. The van der Waals surface area contributed by atoms with E-state index in [0.717, 1.165) is 41.3 Å². The van der Waals surface area contributed by atoms with Crippen LogP contribution in [0.4, 0.5) is 5.82 Å². The Morgan fingerprint density at radius 3 is 2.67 bits per heavy atom. The third-order valence-corrected chi connectivity index (χ3v) is 6.01. The number of nitrogens with zero attached hydrogens (tertiary/aromatic N) is 6. The molecule has 9 nitrogen and oxygen atoms in total. The molecule has 0 aliphatic carbocycles. The Hall–Kier alpha value is -4.16. The number of aromatic nitrogens is 4. The van der Waals surface area contributed by atoms with Crippen molar-refractivity contribution >= 4 is 28.8 Å². The minimum absolute atomic E-state index is 0.261. The van der Waals surface area contributed by atoms with Crippen molar-refractivity contribution in [3.63, 3.8) is 0 Å². The fraction of sp³-hybridized carbons (Fsp3) is 0.269. The van der Waals surface area contributed by atoms with Crippen LogP contribution < -0.4 is 15.0 Å². The molecule has 1 N–H and O–H groups in total. The number of hydrogen-bond donors (Lipinski definition) is 1. The number of amides is 1. The predicted octanol–water partition coefficient (Wildman–Crippen LogP) is 4.36. The fourth-order valence-electron chi connectivity index (χ4n) is 3.99. The molecule has 1 aliphatic rings. The Balaban J connectivity index is 0.000000233. The highest BCUT2D eigenvalue weighted by Crippen LogP contribution is 2.31. The molecule has 1 amide bonds. The van der Waals surface area contributed by atoms with Crippen LogP contribution in [-0.4, -0.2) is 52.2 Å². The highest BCUT2D eigenvalue weighted by atomic mass is 35.5. The van der Waals surface area contributed by atoms with Gasteiger partial charge < -0.3 is 15.0 Å². The van der Waals surface area contributed by atoms with Crippen molar-refractivity contribution in [3.8, 4) is 22.9 Å². The van der Waals surface area contributed by atoms with Gasteiger partial charge in [0.1, 0.15) is 23.3 Å². The normalized spacial score (nSPS) is 12.6. The molecule has 5 heterocycles. The lowest BCUT2D eigenvalue weighted by Gasteiger charge is -2.16. The third kappa shape index (κ3) is 5.39. The number of carbonyl (C=O) groups is 1. The molecular formula is C26H26ClN7O2. The van der Waals surface area contributed by atoms with E-state index in [1.54, 1.807) is 29.0 Å². The molecule has 0 unspecified atom stereocenters. The topological polar surface area (TPSA) is 108 Å². The number of carbonyl (C=O) groups excluding carboxylic acids is 1. The molecule has 36 heavy (non-hydrogen) atoms. The molecule has 4 aromatic heterocycles.